The van der Waals surface area contributed by atoms with Crippen molar-refractivity contribution in [2.45, 2.75) is 16.7 Å². The first kappa shape index (κ1) is 13.9. The van der Waals surface area contributed by atoms with Crippen LogP contribution in [0.3, 0.4) is 0 Å². The first-order valence-corrected chi connectivity index (χ1v) is 10.2. The van der Waals surface area contributed by atoms with Gasteiger partial charge in [0.15, 0.2) is 0 Å². The molecule has 0 amide bonds. The van der Waals surface area contributed by atoms with Crippen molar-refractivity contribution in [1.29, 1.82) is 0 Å². The van der Waals surface area contributed by atoms with Gasteiger partial charge in [-0.3, -0.25) is 4.31 Å². The average Bonchev–Trinajstić information content (AvgIpc) is 2.47. The largest absolute Gasteiger partial charge is 0.255 e. The Bertz CT molecular complexity index is 447. The lowest BCUT2D eigenvalue weighted by atomic mass is 10.4. The van der Waals surface area contributed by atoms with E-state index in [2.05, 4.69) is 100 Å². The lowest BCUT2D eigenvalue weighted by Crippen LogP contribution is -2.20. The molecular weight excluding hydrogens is 353 g/mol. The zero-order chi connectivity index (χ0) is 13.0. The van der Waals surface area contributed by atoms with Gasteiger partial charge in [-0.05, 0) is 52.5 Å². The molecule has 2 aromatic carbocycles. The van der Waals surface area contributed by atoms with Gasteiger partial charge in [-0.1, -0.05) is 50.7 Å². The van der Waals surface area contributed by atoms with Gasteiger partial charge in [0.2, 0.25) is 0 Å². The van der Waals surface area contributed by atoms with Gasteiger partial charge in [0, 0.05) is 16.3 Å². The zero-order valence-corrected chi connectivity index (χ0v) is 13.7. The maximum absolute atomic E-state index is 2.64. The maximum Gasteiger partial charge on any atom is 0.0160 e. The summed E-state index contributed by atoms with van der Waals surface area (Å²) < 4.78 is 2.46. The Morgan fingerprint density at radius 1 is 0.889 bits per heavy atom. The molecule has 1 nitrogen and oxygen atoms in total. The molecule has 0 bridgehead atoms. The predicted molar refractivity (Wildman–Crippen MR) is 89.3 cm³/mol. The summed E-state index contributed by atoms with van der Waals surface area (Å²) in [5.74, 6) is 0. The van der Waals surface area contributed by atoms with Crippen molar-refractivity contribution in [2.24, 2.45) is 0 Å². The minimum atomic E-state index is -1.12. The second-order valence-electron chi connectivity index (χ2n) is 4.08. The van der Waals surface area contributed by atoms with Gasteiger partial charge in [0.25, 0.3) is 0 Å². The standard InChI is InChI=1S/C15H18INS/c1-3-17(2)18(16,14-10-6-4-7-11-14)15-12-8-5-9-13-15/h4-13H,3H2,1-2H3. The molecule has 2 rings (SSSR count). The molecule has 0 spiro atoms. The summed E-state index contributed by atoms with van der Waals surface area (Å²) in [6.45, 7) is 3.26. The smallest absolute Gasteiger partial charge is 0.0160 e. The van der Waals surface area contributed by atoms with Crippen LogP contribution in [0.5, 0.6) is 0 Å². The predicted octanol–water partition coefficient (Wildman–Crippen LogP) is 5.13. The van der Waals surface area contributed by atoms with Crippen molar-refractivity contribution >= 4 is 28.6 Å². The van der Waals surface area contributed by atoms with Crippen LogP contribution in [0.4, 0.5) is 0 Å². The van der Waals surface area contributed by atoms with Crippen LogP contribution < -0.4 is 0 Å². The highest BCUT2D eigenvalue weighted by molar-refractivity contribution is 14.2. The summed E-state index contributed by atoms with van der Waals surface area (Å²) >= 11 is 2.64. The van der Waals surface area contributed by atoms with E-state index in [1.54, 1.807) is 0 Å². The Morgan fingerprint density at radius 2 is 1.28 bits per heavy atom. The highest BCUT2D eigenvalue weighted by Gasteiger charge is 2.28. The number of benzene rings is 2. The van der Waals surface area contributed by atoms with Crippen LogP contribution in [-0.2, 0) is 0 Å². The van der Waals surface area contributed by atoms with E-state index in [4.69, 9.17) is 0 Å². The van der Waals surface area contributed by atoms with Crippen LogP contribution >= 0.6 is 28.6 Å². The fraction of sp³-hybridized carbons (Fsp3) is 0.200. The van der Waals surface area contributed by atoms with Gasteiger partial charge < -0.3 is 0 Å². The molecule has 96 valence electrons. The highest BCUT2D eigenvalue weighted by Crippen LogP contribution is 2.70. The van der Waals surface area contributed by atoms with Gasteiger partial charge in [0.1, 0.15) is 0 Å². The van der Waals surface area contributed by atoms with Crippen LogP contribution in [0.25, 0.3) is 0 Å². The molecule has 0 aliphatic rings. The molecule has 2 aromatic rings. The minimum absolute atomic E-state index is 1.04. The van der Waals surface area contributed by atoms with E-state index in [1.807, 2.05) is 0 Å². The van der Waals surface area contributed by atoms with Crippen LogP contribution in [0.2, 0.25) is 0 Å². The van der Waals surface area contributed by atoms with E-state index >= 15 is 0 Å². The fourth-order valence-corrected chi connectivity index (χ4v) is 6.86. The topological polar surface area (TPSA) is 3.24 Å². The van der Waals surface area contributed by atoms with Crippen molar-refractivity contribution < 1.29 is 0 Å². The lowest BCUT2D eigenvalue weighted by molar-refractivity contribution is 0.590. The van der Waals surface area contributed by atoms with Crippen LogP contribution in [0, 0.1) is 0 Å². The molecular formula is C15H18INS. The van der Waals surface area contributed by atoms with E-state index in [1.165, 1.54) is 9.79 Å². The molecule has 3 heteroatoms. The number of halogens is 1. The first-order valence-electron chi connectivity index (χ1n) is 6.04. The van der Waals surface area contributed by atoms with Crippen molar-refractivity contribution in [1.82, 2.24) is 4.31 Å². The Balaban J connectivity index is 2.55. The Morgan fingerprint density at radius 3 is 1.61 bits per heavy atom. The maximum atomic E-state index is 2.64. The third kappa shape index (κ3) is 2.58. The van der Waals surface area contributed by atoms with Gasteiger partial charge in [0.05, 0.1) is 0 Å². The summed E-state index contributed by atoms with van der Waals surface area (Å²) in [6.07, 6.45) is 0. The molecule has 0 atom stereocenters. The fourth-order valence-electron chi connectivity index (χ4n) is 1.88. The van der Waals surface area contributed by atoms with Crippen LogP contribution in [0.15, 0.2) is 70.5 Å². The first-order chi connectivity index (χ1) is 8.69. The van der Waals surface area contributed by atoms with E-state index in [0.29, 0.717) is 0 Å². The molecule has 0 aliphatic heterocycles. The highest BCUT2D eigenvalue weighted by atomic mass is 127. The monoisotopic (exact) mass is 371 g/mol. The molecule has 18 heavy (non-hydrogen) atoms. The SMILES string of the molecule is CCN(C)S(I)(c1ccccc1)c1ccccc1. The molecule has 0 saturated carbocycles. The van der Waals surface area contributed by atoms with Crippen LogP contribution in [0.1, 0.15) is 6.92 Å². The number of nitrogens with zero attached hydrogens (tertiary/aromatic N) is 1. The third-order valence-electron chi connectivity index (χ3n) is 2.99. The summed E-state index contributed by atoms with van der Waals surface area (Å²) in [4.78, 5) is 2.81. The van der Waals surface area contributed by atoms with Crippen molar-refractivity contribution in [3.63, 3.8) is 0 Å². The summed E-state index contributed by atoms with van der Waals surface area (Å²) in [6, 6.07) is 21.6. The quantitative estimate of drug-likeness (QED) is 0.674. The second-order valence-corrected chi connectivity index (χ2v) is 10.5. The summed E-state index contributed by atoms with van der Waals surface area (Å²) in [7, 11) is 1.09. The summed E-state index contributed by atoms with van der Waals surface area (Å²) in [5.41, 5.74) is 0. The lowest BCUT2D eigenvalue weighted by Gasteiger charge is -2.42. The number of hydrogen-bond donors (Lipinski definition) is 0. The average molecular weight is 371 g/mol. The Kier molecular flexibility index (Phi) is 4.70. The van der Waals surface area contributed by atoms with Gasteiger partial charge in [-0.25, -0.2) is 0 Å². The van der Waals surface area contributed by atoms with Crippen molar-refractivity contribution in [2.75, 3.05) is 13.6 Å². The number of rotatable bonds is 4. The second kappa shape index (κ2) is 6.08. The molecule has 0 N–H and O–H groups in total. The van der Waals surface area contributed by atoms with Crippen molar-refractivity contribution in [3.8, 4) is 0 Å². The van der Waals surface area contributed by atoms with E-state index in [9.17, 15) is 0 Å². The van der Waals surface area contributed by atoms with Gasteiger partial charge in [-0.2, -0.15) is 0 Å². The molecule has 0 unspecified atom stereocenters. The zero-order valence-electron chi connectivity index (χ0n) is 10.7. The Labute approximate surface area is 123 Å². The molecule has 0 aromatic heterocycles. The van der Waals surface area contributed by atoms with Gasteiger partial charge >= 0.3 is 0 Å². The minimum Gasteiger partial charge on any atom is -0.255 e. The molecule has 0 fully saturated rings. The Hall–Kier alpha value is -0.520. The third-order valence-corrected chi connectivity index (χ3v) is 11.0. The molecule has 0 aliphatic carbocycles. The molecule has 0 saturated heterocycles. The number of hydrogen-bond acceptors (Lipinski definition) is 1. The van der Waals surface area contributed by atoms with E-state index in [-0.39, 0.29) is 0 Å². The van der Waals surface area contributed by atoms with E-state index in [0.717, 1.165) is 6.54 Å². The molecule has 0 heterocycles. The van der Waals surface area contributed by atoms with Gasteiger partial charge in [-0.15, -0.1) is 0 Å². The summed E-state index contributed by atoms with van der Waals surface area (Å²) in [5, 5.41) is 0. The normalized spacial score (nSPS) is 12.7. The van der Waals surface area contributed by atoms with Crippen molar-refractivity contribution in [3.05, 3.63) is 60.7 Å². The molecule has 0 radical (unpaired) electrons. The van der Waals surface area contributed by atoms with E-state index < -0.39 is 7.39 Å². The van der Waals surface area contributed by atoms with Crippen LogP contribution in [-0.4, -0.2) is 17.9 Å².